The van der Waals surface area contributed by atoms with Crippen molar-refractivity contribution in [1.29, 1.82) is 0 Å². The van der Waals surface area contributed by atoms with Gasteiger partial charge in [0.2, 0.25) is 5.91 Å². The van der Waals surface area contributed by atoms with Gasteiger partial charge in [-0.25, -0.2) is 0 Å². The standard InChI is InChI=1S/C34H59N3O5/c1-7-24(38)20-36-41-26-14-16-33(5)23(18-26)19-30(42-37-21-25(39)8-2)32-28-12-11-27(34(28,6)17-15-29(32)33)22(4)10-13-31(40)35-9-3/h22-23,26-30,32,36-37H,7-21H2,1-6H3,(H,35,40)/t22-,23-,26+,27?,28?,29?,30+,32?,33-,34+/m0/s1. The quantitative estimate of drug-likeness (QED) is 0.215. The Morgan fingerprint density at radius 1 is 0.833 bits per heavy atom. The summed E-state index contributed by atoms with van der Waals surface area (Å²) in [4.78, 5) is 48.7. The molecule has 0 aliphatic heterocycles. The average molecular weight is 590 g/mol. The fourth-order valence-corrected chi connectivity index (χ4v) is 9.93. The molecular formula is C34H59N3O5. The first-order valence-electron chi connectivity index (χ1n) is 17.1. The highest BCUT2D eigenvalue weighted by molar-refractivity contribution is 5.80. The predicted molar refractivity (Wildman–Crippen MR) is 164 cm³/mol. The van der Waals surface area contributed by atoms with Crippen LogP contribution in [0.5, 0.6) is 0 Å². The third-order valence-corrected chi connectivity index (χ3v) is 12.4. The molecule has 0 spiro atoms. The zero-order valence-electron chi connectivity index (χ0n) is 27.3. The van der Waals surface area contributed by atoms with Crippen LogP contribution in [0.2, 0.25) is 0 Å². The molecule has 3 N–H and O–H groups in total. The van der Waals surface area contributed by atoms with E-state index in [9.17, 15) is 14.4 Å². The molecule has 1 amide bonds. The summed E-state index contributed by atoms with van der Waals surface area (Å²) < 4.78 is 0. The molecule has 4 rings (SSSR count). The van der Waals surface area contributed by atoms with Crippen LogP contribution in [0.1, 0.15) is 119 Å². The summed E-state index contributed by atoms with van der Waals surface area (Å²) in [6, 6.07) is 0. The molecule has 0 aromatic rings. The van der Waals surface area contributed by atoms with Crippen molar-refractivity contribution in [2.75, 3.05) is 19.6 Å². The Labute approximate surface area is 254 Å². The summed E-state index contributed by atoms with van der Waals surface area (Å²) >= 11 is 0. The molecule has 4 aliphatic rings. The van der Waals surface area contributed by atoms with Crippen molar-refractivity contribution in [2.24, 2.45) is 46.3 Å². The molecule has 4 saturated carbocycles. The fourth-order valence-electron chi connectivity index (χ4n) is 9.93. The minimum Gasteiger partial charge on any atom is -0.356 e. The highest BCUT2D eigenvalue weighted by Crippen LogP contribution is 2.68. The van der Waals surface area contributed by atoms with Gasteiger partial charge in [0.15, 0.2) is 0 Å². The number of nitrogens with one attached hydrogen (secondary N) is 3. The zero-order chi connectivity index (χ0) is 30.5. The number of amides is 1. The van der Waals surface area contributed by atoms with Crippen molar-refractivity contribution in [3.05, 3.63) is 0 Å². The second-order valence-corrected chi connectivity index (χ2v) is 14.5. The Balaban J connectivity index is 1.50. The Morgan fingerprint density at radius 2 is 1.48 bits per heavy atom. The van der Waals surface area contributed by atoms with Crippen LogP contribution >= 0.6 is 0 Å². The van der Waals surface area contributed by atoms with Crippen LogP contribution in [-0.2, 0) is 24.1 Å². The molecule has 42 heavy (non-hydrogen) atoms. The fraction of sp³-hybridized carbons (Fsp3) is 0.912. The summed E-state index contributed by atoms with van der Waals surface area (Å²) in [7, 11) is 0. The predicted octanol–water partition coefficient (Wildman–Crippen LogP) is 5.55. The second kappa shape index (κ2) is 14.6. The van der Waals surface area contributed by atoms with Crippen LogP contribution < -0.4 is 16.3 Å². The lowest BCUT2D eigenvalue weighted by Crippen LogP contribution is -2.60. The zero-order valence-corrected chi connectivity index (χ0v) is 27.3. The Hall–Kier alpha value is -1.35. The molecule has 0 aromatic carbocycles. The van der Waals surface area contributed by atoms with E-state index in [-0.39, 0.29) is 53.6 Å². The first-order chi connectivity index (χ1) is 20.1. The lowest BCUT2D eigenvalue weighted by Gasteiger charge is -2.63. The number of ketones is 2. The number of hydrogen-bond acceptors (Lipinski definition) is 7. The lowest BCUT2D eigenvalue weighted by atomic mass is 9.43. The Bertz CT molecular complexity index is 944. The molecule has 0 bridgehead atoms. The van der Waals surface area contributed by atoms with E-state index in [1.54, 1.807) is 0 Å². The van der Waals surface area contributed by atoms with Gasteiger partial charge in [0.05, 0.1) is 25.3 Å². The number of hydrogen-bond donors (Lipinski definition) is 3. The van der Waals surface area contributed by atoms with Crippen LogP contribution in [0.15, 0.2) is 0 Å². The van der Waals surface area contributed by atoms with Gasteiger partial charge in [0.1, 0.15) is 11.6 Å². The molecule has 10 atom stereocenters. The minimum absolute atomic E-state index is 0.0696. The molecular weight excluding hydrogens is 530 g/mol. The van der Waals surface area contributed by atoms with E-state index >= 15 is 0 Å². The normalized spacial score (nSPS) is 38.2. The van der Waals surface area contributed by atoms with E-state index in [2.05, 4.69) is 37.0 Å². The van der Waals surface area contributed by atoms with E-state index in [0.29, 0.717) is 61.3 Å². The van der Waals surface area contributed by atoms with Crippen molar-refractivity contribution in [1.82, 2.24) is 16.3 Å². The van der Waals surface area contributed by atoms with Crippen molar-refractivity contribution < 1.29 is 24.1 Å². The van der Waals surface area contributed by atoms with Crippen molar-refractivity contribution >= 4 is 17.5 Å². The van der Waals surface area contributed by atoms with Gasteiger partial charge in [-0.2, -0.15) is 11.0 Å². The SMILES string of the molecule is CCNC(=O)CC[C@H](C)C1CCC2C3C(CC[C@@]21C)[C@@]1(C)CC[C@@H](ONCC(=O)CC)C[C@H]1C[C@H]3ONCC(=O)CC. The van der Waals surface area contributed by atoms with Gasteiger partial charge in [-0.3, -0.25) is 24.1 Å². The van der Waals surface area contributed by atoms with Crippen LogP contribution in [0.4, 0.5) is 0 Å². The largest absolute Gasteiger partial charge is 0.356 e. The van der Waals surface area contributed by atoms with Crippen LogP contribution in [-0.4, -0.2) is 49.3 Å². The van der Waals surface area contributed by atoms with Gasteiger partial charge in [-0.05, 0) is 111 Å². The van der Waals surface area contributed by atoms with E-state index in [0.717, 1.165) is 32.1 Å². The summed E-state index contributed by atoms with van der Waals surface area (Å²) in [6.45, 7) is 14.4. The Morgan fingerprint density at radius 3 is 2.14 bits per heavy atom. The summed E-state index contributed by atoms with van der Waals surface area (Å²) in [5.74, 6) is 3.77. The number of Topliss-reactive ketones (excluding diaryl/α,β-unsaturated/α-hetero) is 2. The molecule has 240 valence electrons. The summed E-state index contributed by atoms with van der Waals surface area (Å²) in [5, 5.41) is 2.97. The van der Waals surface area contributed by atoms with Gasteiger partial charge in [-0.15, -0.1) is 0 Å². The van der Waals surface area contributed by atoms with Gasteiger partial charge < -0.3 is 5.32 Å². The van der Waals surface area contributed by atoms with Crippen molar-refractivity contribution in [2.45, 2.75) is 131 Å². The molecule has 4 aliphatic carbocycles. The third kappa shape index (κ3) is 7.13. The highest BCUT2D eigenvalue weighted by Gasteiger charge is 2.63. The highest BCUT2D eigenvalue weighted by atomic mass is 16.7. The van der Waals surface area contributed by atoms with E-state index in [4.69, 9.17) is 9.68 Å². The smallest absolute Gasteiger partial charge is 0.219 e. The molecule has 0 saturated heterocycles. The van der Waals surface area contributed by atoms with E-state index in [1.165, 1.54) is 25.7 Å². The number of fused-ring (bicyclic) bond motifs is 5. The topological polar surface area (TPSA) is 106 Å². The number of carbonyl (C=O) groups is 3. The monoisotopic (exact) mass is 589 g/mol. The molecule has 0 aromatic heterocycles. The molecule has 0 radical (unpaired) electrons. The number of hydroxylamine groups is 2. The average Bonchev–Trinajstić information content (AvgIpc) is 3.33. The maximum Gasteiger partial charge on any atom is 0.219 e. The van der Waals surface area contributed by atoms with Crippen LogP contribution in [0.3, 0.4) is 0 Å². The van der Waals surface area contributed by atoms with Crippen LogP contribution in [0.25, 0.3) is 0 Å². The van der Waals surface area contributed by atoms with Gasteiger partial charge >= 0.3 is 0 Å². The van der Waals surface area contributed by atoms with Gasteiger partial charge in [-0.1, -0.05) is 34.6 Å². The maximum atomic E-state index is 12.2. The van der Waals surface area contributed by atoms with Gasteiger partial charge in [0.25, 0.3) is 0 Å². The minimum atomic E-state index is 0.0696. The Kier molecular flexibility index (Phi) is 11.7. The number of rotatable bonds is 15. The van der Waals surface area contributed by atoms with Crippen molar-refractivity contribution in [3.8, 4) is 0 Å². The lowest BCUT2D eigenvalue weighted by molar-refractivity contribution is -0.210. The first-order valence-corrected chi connectivity index (χ1v) is 17.1. The molecule has 4 unspecified atom stereocenters. The van der Waals surface area contributed by atoms with E-state index in [1.807, 2.05) is 20.8 Å². The summed E-state index contributed by atoms with van der Waals surface area (Å²) in [5.41, 5.74) is 6.56. The first kappa shape index (κ1) is 33.5. The molecule has 4 fully saturated rings. The second-order valence-electron chi connectivity index (χ2n) is 14.5. The molecule has 8 heteroatoms. The maximum absolute atomic E-state index is 12.2. The van der Waals surface area contributed by atoms with Crippen LogP contribution in [0, 0.1) is 46.3 Å². The van der Waals surface area contributed by atoms with Crippen molar-refractivity contribution in [3.63, 3.8) is 0 Å². The van der Waals surface area contributed by atoms with Gasteiger partial charge in [0, 0.05) is 25.8 Å². The summed E-state index contributed by atoms with van der Waals surface area (Å²) in [6.07, 6.45) is 11.8. The molecule has 8 nitrogen and oxygen atoms in total. The molecule has 0 heterocycles. The third-order valence-electron chi connectivity index (χ3n) is 12.4. The number of carbonyl (C=O) groups excluding carboxylic acids is 3. The van der Waals surface area contributed by atoms with E-state index < -0.39 is 0 Å².